The summed E-state index contributed by atoms with van der Waals surface area (Å²) in [6, 6.07) is 7.16. The maximum Gasteiger partial charge on any atom is 0.212 e. The Morgan fingerprint density at radius 1 is 1.19 bits per heavy atom. The summed E-state index contributed by atoms with van der Waals surface area (Å²) in [5.41, 5.74) is 0.923. The predicted molar refractivity (Wildman–Crippen MR) is 86.1 cm³/mol. The van der Waals surface area contributed by atoms with Crippen LogP contribution in [0.25, 0.3) is 0 Å². The minimum Gasteiger partial charge on any atom is -0.497 e. The van der Waals surface area contributed by atoms with Crippen molar-refractivity contribution in [3.8, 4) is 5.75 Å². The molecule has 0 saturated heterocycles. The van der Waals surface area contributed by atoms with Gasteiger partial charge in [-0.1, -0.05) is 19.1 Å². The zero-order chi connectivity index (χ0) is 15.7. The fraction of sp³-hybridized carbons (Fsp3) is 0.600. The van der Waals surface area contributed by atoms with Crippen molar-refractivity contribution in [1.29, 1.82) is 0 Å². The van der Waals surface area contributed by atoms with E-state index in [2.05, 4.69) is 10.0 Å². The number of ether oxygens (including phenoxy) is 1. The third-order valence-electron chi connectivity index (χ3n) is 3.24. The summed E-state index contributed by atoms with van der Waals surface area (Å²) in [4.78, 5) is 0. The number of unbranched alkanes of at least 4 members (excludes halogenated alkanes) is 1. The number of sulfonamides is 1. The minimum atomic E-state index is -3.24. The number of benzene rings is 1. The first-order chi connectivity index (χ1) is 9.98. The van der Waals surface area contributed by atoms with Crippen LogP contribution in [0.1, 0.15) is 38.3 Å². The molecule has 5 nitrogen and oxygen atoms in total. The average molecular weight is 314 g/mol. The average Bonchev–Trinajstić information content (AvgIpc) is 2.46. The first-order valence-corrected chi connectivity index (χ1v) is 8.98. The Hall–Kier alpha value is -1.11. The van der Waals surface area contributed by atoms with Crippen molar-refractivity contribution >= 4 is 10.0 Å². The molecular formula is C15H26N2O3S. The lowest BCUT2D eigenvalue weighted by atomic mass is 10.1. The number of nitrogens with one attached hydrogen (secondary N) is 2. The van der Waals surface area contributed by atoms with E-state index in [0.29, 0.717) is 6.42 Å². The van der Waals surface area contributed by atoms with E-state index in [1.54, 1.807) is 7.11 Å². The highest BCUT2D eigenvalue weighted by Gasteiger charge is 2.15. The van der Waals surface area contributed by atoms with E-state index in [9.17, 15) is 8.42 Å². The lowest BCUT2D eigenvalue weighted by Gasteiger charge is -2.15. The van der Waals surface area contributed by atoms with Crippen LogP contribution in [0.2, 0.25) is 0 Å². The maximum absolute atomic E-state index is 12.0. The van der Waals surface area contributed by atoms with Gasteiger partial charge in [-0.25, -0.2) is 13.1 Å². The Bertz CT molecular complexity index is 500. The van der Waals surface area contributed by atoms with Crippen molar-refractivity contribution in [2.45, 2.75) is 32.7 Å². The van der Waals surface area contributed by atoms with E-state index in [0.717, 1.165) is 30.8 Å². The second-order valence-electron chi connectivity index (χ2n) is 4.99. The molecule has 120 valence electrons. The molecule has 0 aliphatic rings. The molecule has 1 aromatic carbocycles. The van der Waals surface area contributed by atoms with Crippen molar-refractivity contribution in [3.05, 3.63) is 29.8 Å². The van der Waals surface area contributed by atoms with Gasteiger partial charge in [-0.05, 0) is 50.6 Å². The molecule has 0 bridgehead atoms. The SMILES string of the molecule is CCNCCCCS(=O)(=O)NC(C)c1ccc(OC)cc1. The van der Waals surface area contributed by atoms with Gasteiger partial charge in [-0.2, -0.15) is 0 Å². The number of hydrogen-bond acceptors (Lipinski definition) is 4. The predicted octanol–water partition coefficient (Wildman–Crippen LogP) is 2.07. The van der Waals surface area contributed by atoms with Crippen LogP contribution in [0.5, 0.6) is 5.75 Å². The number of hydrogen-bond donors (Lipinski definition) is 2. The molecule has 6 heteroatoms. The fourth-order valence-electron chi connectivity index (χ4n) is 2.01. The molecule has 21 heavy (non-hydrogen) atoms. The fourth-order valence-corrected chi connectivity index (χ4v) is 3.38. The first-order valence-electron chi connectivity index (χ1n) is 7.33. The number of rotatable bonds is 10. The van der Waals surface area contributed by atoms with Gasteiger partial charge in [-0.3, -0.25) is 0 Å². The van der Waals surface area contributed by atoms with Gasteiger partial charge < -0.3 is 10.1 Å². The van der Waals surface area contributed by atoms with Gasteiger partial charge in [0.15, 0.2) is 0 Å². The lowest BCUT2D eigenvalue weighted by molar-refractivity contribution is 0.414. The van der Waals surface area contributed by atoms with E-state index in [-0.39, 0.29) is 11.8 Å². The van der Waals surface area contributed by atoms with Gasteiger partial charge in [0.1, 0.15) is 5.75 Å². The Balaban J connectivity index is 2.45. The van der Waals surface area contributed by atoms with Gasteiger partial charge in [0.05, 0.1) is 12.9 Å². The smallest absolute Gasteiger partial charge is 0.212 e. The highest BCUT2D eigenvalue weighted by atomic mass is 32.2. The first kappa shape index (κ1) is 17.9. The van der Waals surface area contributed by atoms with Crippen molar-refractivity contribution in [1.82, 2.24) is 10.0 Å². The van der Waals surface area contributed by atoms with E-state index in [4.69, 9.17) is 4.74 Å². The Labute approximate surface area is 128 Å². The summed E-state index contributed by atoms with van der Waals surface area (Å²) in [5.74, 6) is 0.927. The quantitative estimate of drug-likeness (QED) is 0.649. The van der Waals surface area contributed by atoms with Crippen LogP contribution >= 0.6 is 0 Å². The van der Waals surface area contributed by atoms with Crippen molar-refractivity contribution in [2.75, 3.05) is 26.0 Å². The molecule has 0 aromatic heterocycles. The lowest BCUT2D eigenvalue weighted by Crippen LogP contribution is -2.29. The van der Waals surface area contributed by atoms with E-state index >= 15 is 0 Å². The summed E-state index contributed by atoms with van der Waals surface area (Å²) in [5, 5.41) is 3.18. The third kappa shape index (κ3) is 6.93. The molecule has 0 heterocycles. The van der Waals surface area contributed by atoms with E-state index < -0.39 is 10.0 Å². The summed E-state index contributed by atoms with van der Waals surface area (Å²) in [7, 11) is -1.64. The van der Waals surface area contributed by atoms with Crippen LogP contribution in [-0.4, -0.2) is 34.4 Å². The highest BCUT2D eigenvalue weighted by Crippen LogP contribution is 2.18. The largest absolute Gasteiger partial charge is 0.497 e. The van der Waals surface area contributed by atoms with Gasteiger partial charge in [0.25, 0.3) is 0 Å². The van der Waals surface area contributed by atoms with E-state index in [1.807, 2.05) is 38.1 Å². The molecule has 0 aliphatic heterocycles. The van der Waals surface area contributed by atoms with Crippen molar-refractivity contribution in [2.24, 2.45) is 0 Å². The number of methoxy groups -OCH3 is 1. The summed E-state index contributed by atoms with van der Waals surface area (Å²) in [6.07, 6.45) is 1.53. The summed E-state index contributed by atoms with van der Waals surface area (Å²) >= 11 is 0. The van der Waals surface area contributed by atoms with Crippen LogP contribution in [0, 0.1) is 0 Å². The summed E-state index contributed by atoms with van der Waals surface area (Å²) in [6.45, 7) is 5.66. The monoisotopic (exact) mass is 314 g/mol. The van der Waals surface area contributed by atoms with Gasteiger partial charge >= 0.3 is 0 Å². The molecular weight excluding hydrogens is 288 g/mol. The minimum absolute atomic E-state index is 0.166. The van der Waals surface area contributed by atoms with Crippen molar-refractivity contribution in [3.63, 3.8) is 0 Å². The zero-order valence-electron chi connectivity index (χ0n) is 13.1. The van der Waals surface area contributed by atoms with Gasteiger partial charge in [-0.15, -0.1) is 0 Å². The van der Waals surface area contributed by atoms with Crippen LogP contribution < -0.4 is 14.8 Å². The molecule has 1 rings (SSSR count). The molecule has 0 radical (unpaired) electrons. The van der Waals surface area contributed by atoms with Crippen LogP contribution in [0.15, 0.2) is 24.3 Å². The van der Waals surface area contributed by atoms with Crippen LogP contribution in [0.4, 0.5) is 0 Å². The second kappa shape index (κ2) is 9.02. The summed E-state index contributed by atoms with van der Waals surface area (Å²) < 4.78 is 31.8. The molecule has 0 saturated carbocycles. The van der Waals surface area contributed by atoms with Gasteiger partial charge in [0, 0.05) is 6.04 Å². The van der Waals surface area contributed by atoms with Crippen LogP contribution in [0.3, 0.4) is 0 Å². The van der Waals surface area contributed by atoms with E-state index in [1.165, 1.54) is 0 Å². The molecule has 1 atom stereocenters. The van der Waals surface area contributed by atoms with Crippen LogP contribution in [-0.2, 0) is 10.0 Å². The molecule has 0 fully saturated rings. The zero-order valence-corrected chi connectivity index (χ0v) is 13.9. The normalized spacial score (nSPS) is 13.1. The second-order valence-corrected chi connectivity index (χ2v) is 6.87. The standard InChI is InChI=1S/C15H26N2O3S/c1-4-16-11-5-6-12-21(18,19)17-13(2)14-7-9-15(20-3)10-8-14/h7-10,13,16-17H,4-6,11-12H2,1-3H3. The molecule has 0 aliphatic carbocycles. The molecule has 2 N–H and O–H groups in total. The third-order valence-corrected chi connectivity index (χ3v) is 4.78. The topological polar surface area (TPSA) is 67.4 Å². The van der Waals surface area contributed by atoms with Gasteiger partial charge in [0.2, 0.25) is 10.0 Å². The molecule has 1 unspecified atom stereocenters. The Morgan fingerprint density at radius 2 is 1.86 bits per heavy atom. The molecule has 0 amide bonds. The van der Waals surface area contributed by atoms with Crippen molar-refractivity contribution < 1.29 is 13.2 Å². The maximum atomic E-state index is 12.0. The highest BCUT2D eigenvalue weighted by molar-refractivity contribution is 7.89. The molecule has 0 spiro atoms. The Morgan fingerprint density at radius 3 is 2.43 bits per heavy atom. The molecule has 1 aromatic rings. The Kier molecular flexibility index (Phi) is 7.71.